The molecule has 0 aliphatic rings. The topological polar surface area (TPSA) is 68.9 Å². The second-order valence-electron chi connectivity index (χ2n) is 5.27. The van der Waals surface area contributed by atoms with E-state index in [9.17, 15) is 9.59 Å². The van der Waals surface area contributed by atoms with Gasteiger partial charge in [0.25, 0.3) is 11.5 Å². The Kier molecular flexibility index (Phi) is 4.52. The van der Waals surface area contributed by atoms with Gasteiger partial charge in [0.05, 0.1) is 0 Å². The van der Waals surface area contributed by atoms with E-state index in [1.54, 1.807) is 37.3 Å². The highest BCUT2D eigenvalue weighted by atomic mass is 32.2. The Balaban J connectivity index is 1.69. The van der Waals surface area contributed by atoms with Gasteiger partial charge < -0.3 is 14.5 Å². The molecule has 7 heteroatoms. The van der Waals surface area contributed by atoms with Crippen LogP contribution in [0.15, 0.2) is 69.8 Å². The summed E-state index contributed by atoms with van der Waals surface area (Å²) < 4.78 is 3.36. The third-order valence-corrected chi connectivity index (χ3v) is 4.55. The van der Waals surface area contributed by atoms with Crippen molar-refractivity contribution in [3.05, 3.63) is 70.9 Å². The number of hydrogen-bond donors (Lipinski definition) is 1. The van der Waals surface area contributed by atoms with E-state index in [2.05, 4.69) is 10.3 Å². The highest BCUT2D eigenvalue weighted by molar-refractivity contribution is 7.99. The normalized spacial score (nSPS) is 10.6. The Morgan fingerprint density at radius 2 is 1.83 bits per heavy atom. The van der Waals surface area contributed by atoms with Crippen molar-refractivity contribution < 1.29 is 4.79 Å². The van der Waals surface area contributed by atoms with Crippen LogP contribution in [-0.4, -0.2) is 20.0 Å². The zero-order valence-corrected chi connectivity index (χ0v) is 14.1. The van der Waals surface area contributed by atoms with E-state index >= 15 is 0 Å². The van der Waals surface area contributed by atoms with Crippen LogP contribution >= 0.6 is 11.8 Å². The maximum atomic E-state index is 12.2. The van der Waals surface area contributed by atoms with Crippen molar-refractivity contribution in [3.63, 3.8) is 0 Å². The summed E-state index contributed by atoms with van der Waals surface area (Å²) in [5, 5.41) is 3.68. The minimum atomic E-state index is -0.308. The quantitative estimate of drug-likeness (QED) is 0.792. The summed E-state index contributed by atoms with van der Waals surface area (Å²) in [5.74, 6) is -0.308. The first-order valence-electron chi connectivity index (χ1n) is 7.26. The second-order valence-corrected chi connectivity index (χ2v) is 6.31. The Labute approximate surface area is 143 Å². The summed E-state index contributed by atoms with van der Waals surface area (Å²) in [7, 11) is 3.58. The molecule has 6 nitrogen and oxygen atoms in total. The highest BCUT2D eigenvalue weighted by Gasteiger charge is 2.08. The summed E-state index contributed by atoms with van der Waals surface area (Å²) in [4.78, 5) is 29.1. The fourth-order valence-corrected chi connectivity index (χ4v) is 2.86. The maximum absolute atomic E-state index is 12.2. The molecule has 2 aromatic heterocycles. The molecule has 2 heterocycles. The Morgan fingerprint density at radius 3 is 2.46 bits per heavy atom. The first-order valence-corrected chi connectivity index (χ1v) is 8.08. The van der Waals surface area contributed by atoms with Gasteiger partial charge in [-0.3, -0.25) is 9.59 Å². The van der Waals surface area contributed by atoms with Gasteiger partial charge in [-0.25, -0.2) is 4.98 Å². The van der Waals surface area contributed by atoms with E-state index in [0.29, 0.717) is 11.3 Å². The molecule has 0 saturated heterocycles. The summed E-state index contributed by atoms with van der Waals surface area (Å²) in [5.41, 5.74) is 0.791. The predicted octanol–water partition coefficient (Wildman–Crippen LogP) is 2.52. The van der Waals surface area contributed by atoms with Gasteiger partial charge in [0.1, 0.15) is 0 Å². The lowest BCUT2D eigenvalue weighted by Crippen LogP contribution is -2.19. The number of aromatic nitrogens is 3. The Bertz CT molecular complexity index is 928. The smallest absolute Gasteiger partial charge is 0.255 e. The molecule has 0 saturated carbocycles. The molecule has 3 rings (SSSR count). The average Bonchev–Trinajstić information content (AvgIpc) is 2.97. The monoisotopic (exact) mass is 340 g/mol. The Morgan fingerprint density at radius 1 is 1.08 bits per heavy atom. The zero-order valence-electron chi connectivity index (χ0n) is 13.3. The standard InChI is InChI=1S/C17H16N4O2S/c1-20-9-7-12(11-15(20)22)16(23)19-13-3-5-14(6-4-13)24-17-18-8-10-21(17)2/h3-11H,1-2H3,(H,19,23). The molecule has 0 atom stereocenters. The van der Waals surface area contributed by atoms with E-state index < -0.39 is 0 Å². The molecular weight excluding hydrogens is 324 g/mol. The number of carbonyl (C=O) groups excluding carboxylic acids is 1. The van der Waals surface area contributed by atoms with E-state index in [1.807, 2.05) is 42.1 Å². The number of rotatable bonds is 4. The van der Waals surface area contributed by atoms with Crippen LogP contribution in [0.5, 0.6) is 0 Å². The highest BCUT2D eigenvalue weighted by Crippen LogP contribution is 2.26. The minimum absolute atomic E-state index is 0.218. The lowest BCUT2D eigenvalue weighted by atomic mass is 10.2. The van der Waals surface area contributed by atoms with Gasteiger partial charge in [-0.15, -0.1) is 0 Å². The molecular formula is C17H16N4O2S. The van der Waals surface area contributed by atoms with Crippen LogP contribution in [0.25, 0.3) is 0 Å². The van der Waals surface area contributed by atoms with Gasteiger partial charge in [0.2, 0.25) is 0 Å². The van der Waals surface area contributed by atoms with Gasteiger partial charge in [-0.05, 0) is 30.3 Å². The number of benzene rings is 1. The number of nitrogens with zero attached hydrogens (tertiary/aromatic N) is 3. The maximum Gasteiger partial charge on any atom is 0.255 e. The lowest BCUT2D eigenvalue weighted by molar-refractivity contribution is 0.102. The molecule has 3 aromatic rings. The number of pyridine rings is 1. The summed E-state index contributed by atoms with van der Waals surface area (Å²) >= 11 is 1.54. The van der Waals surface area contributed by atoms with Crippen LogP contribution in [0.4, 0.5) is 5.69 Å². The molecule has 1 N–H and O–H groups in total. The number of imidazole rings is 1. The summed E-state index contributed by atoms with van der Waals surface area (Å²) in [6.07, 6.45) is 5.21. The third kappa shape index (κ3) is 3.57. The number of anilines is 1. The average molecular weight is 340 g/mol. The van der Waals surface area contributed by atoms with Gasteiger partial charge >= 0.3 is 0 Å². The molecule has 0 spiro atoms. The van der Waals surface area contributed by atoms with E-state index in [4.69, 9.17) is 0 Å². The van der Waals surface area contributed by atoms with Gasteiger partial charge in [-0.2, -0.15) is 0 Å². The van der Waals surface area contributed by atoms with Crippen molar-refractivity contribution in [2.75, 3.05) is 5.32 Å². The van der Waals surface area contributed by atoms with Crippen LogP contribution in [0.2, 0.25) is 0 Å². The first-order chi connectivity index (χ1) is 11.5. The third-order valence-electron chi connectivity index (χ3n) is 3.46. The van der Waals surface area contributed by atoms with Crippen molar-refractivity contribution in [1.29, 1.82) is 0 Å². The van der Waals surface area contributed by atoms with Crippen LogP contribution in [0, 0.1) is 0 Å². The van der Waals surface area contributed by atoms with Crippen molar-refractivity contribution in [1.82, 2.24) is 14.1 Å². The summed E-state index contributed by atoms with van der Waals surface area (Å²) in [6, 6.07) is 10.4. The van der Waals surface area contributed by atoms with Crippen molar-refractivity contribution in [2.24, 2.45) is 14.1 Å². The van der Waals surface area contributed by atoms with Gasteiger partial charge in [0, 0.05) is 54.9 Å². The molecule has 0 aliphatic carbocycles. The fraction of sp³-hybridized carbons (Fsp3) is 0.118. The van der Waals surface area contributed by atoms with Crippen LogP contribution in [0.3, 0.4) is 0 Å². The largest absolute Gasteiger partial charge is 0.329 e. The molecule has 0 fully saturated rings. The molecule has 0 radical (unpaired) electrons. The van der Waals surface area contributed by atoms with Gasteiger partial charge in [0.15, 0.2) is 5.16 Å². The lowest BCUT2D eigenvalue weighted by Gasteiger charge is -2.07. The first kappa shape index (κ1) is 16.1. The molecule has 0 bridgehead atoms. The van der Waals surface area contributed by atoms with E-state index in [1.165, 1.54) is 10.6 Å². The fourth-order valence-electron chi connectivity index (χ4n) is 2.06. The molecule has 122 valence electrons. The molecule has 24 heavy (non-hydrogen) atoms. The number of nitrogens with one attached hydrogen (secondary N) is 1. The van der Waals surface area contributed by atoms with Crippen LogP contribution < -0.4 is 10.9 Å². The van der Waals surface area contributed by atoms with E-state index in [0.717, 1.165) is 10.1 Å². The zero-order chi connectivity index (χ0) is 17.1. The molecule has 0 unspecified atom stereocenters. The number of amides is 1. The van der Waals surface area contributed by atoms with Crippen molar-refractivity contribution in [2.45, 2.75) is 10.1 Å². The minimum Gasteiger partial charge on any atom is -0.329 e. The second kappa shape index (κ2) is 6.76. The number of carbonyl (C=O) groups is 1. The molecule has 1 aromatic carbocycles. The van der Waals surface area contributed by atoms with E-state index in [-0.39, 0.29) is 11.5 Å². The molecule has 0 aliphatic heterocycles. The number of aryl methyl sites for hydroxylation is 2. The van der Waals surface area contributed by atoms with Crippen LogP contribution in [-0.2, 0) is 14.1 Å². The Hall–Kier alpha value is -2.80. The van der Waals surface area contributed by atoms with Gasteiger partial charge in [-0.1, -0.05) is 11.8 Å². The summed E-state index contributed by atoms with van der Waals surface area (Å²) in [6.45, 7) is 0. The molecule has 1 amide bonds. The predicted molar refractivity (Wildman–Crippen MR) is 93.4 cm³/mol. The van der Waals surface area contributed by atoms with Crippen molar-refractivity contribution >= 4 is 23.4 Å². The SMILES string of the molecule is Cn1ccnc1Sc1ccc(NC(=O)c2ccn(C)c(=O)c2)cc1. The van der Waals surface area contributed by atoms with Crippen LogP contribution in [0.1, 0.15) is 10.4 Å². The van der Waals surface area contributed by atoms with Crippen molar-refractivity contribution in [3.8, 4) is 0 Å². The number of hydrogen-bond acceptors (Lipinski definition) is 4.